The van der Waals surface area contributed by atoms with Crippen LogP contribution >= 0.6 is 22.9 Å². The Morgan fingerprint density at radius 3 is 2.47 bits per heavy atom. The van der Waals surface area contributed by atoms with Gasteiger partial charge in [0.1, 0.15) is 17.3 Å². The number of nitrogens with zero attached hydrogens (tertiary/aromatic N) is 2. The number of anilines is 1. The smallest absolute Gasteiger partial charge is 0.301 e. The molecule has 5 rings (SSSR count). The number of aliphatic hydroxyl groups excluding tert-OH is 1. The molecule has 1 aromatic heterocycles. The average Bonchev–Trinajstić information content (AvgIpc) is 3.37. The molecule has 170 valence electrons. The molecule has 1 aliphatic heterocycles. The van der Waals surface area contributed by atoms with Crippen molar-refractivity contribution < 1.29 is 23.8 Å². The van der Waals surface area contributed by atoms with Gasteiger partial charge in [0.2, 0.25) is 0 Å². The zero-order chi connectivity index (χ0) is 24.0. The van der Waals surface area contributed by atoms with Crippen molar-refractivity contribution in [1.82, 2.24) is 4.98 Å². The van der Waals surface area contributed by atoms with Crippen LogP contribution in [0.15, 0.2) is 72.3 Å². The van der Waals surface area contributed by atoms with Crippen molar-refractivity contribution >= 4 is 55.7 Å². The van der Waals surface area contributed by atoms with E-state index in [1.165, 1.54) is 47.6 Å². The SMILES string of the molecule is COc1ccc(C(O)=C2C(=O)C(=O)N(c3nc4ccc(Cl)cc4s3)C2c2ccc(F)cc2)cc1. The number of hydrogen-bond acceptors (Lipinski definition) is 6. The number of fused-ring (bicyclic) bond motifs is 1. The Morgan fingerprint density at radius 1 is 1.09 bits per heavy atom. The van der Waals surface area contributed by atoms with E-state index in [1.54, 1.807) is 42.5 Å². The Labute approximate surface area is 202 Å². The number of ketones is 1. The molecule has 0 aliphatic carbocycles. The quantitative estimate of drug-likeness (QED) is 0.223. The van der Waals surface area contributed by atoms with Crippen LogP contribution in [0.5, 0.6) is 5.75 Å². The highest BCUT2D eigenvalue weighted by atomic mass is 35.5. The number of benzene rings is 3. The van der Waals surface area contributed by atoms with Crippen molar-refractivity contribution in [3.8, 4) is 5.75 Å². The summed E-state index contributed by atoms with van der Waals surface area (Å²) in [5, 5.41) is 11.9. The second-order valence-corrected chi connectivity index (χ2v) is 9.00. The van der Waals surface area contributed by atoms with Gasteiger partial charge >= 0.3 is 5.91 Å². The number of methoxy groups -OCH3 is 1. The number of amides is 1. The first-order chi connectivity index (χ1) is 16.4. The summed E-state index contributed by atoms with van der Waals surface area (Å²) >= 11 is 7.29. The van der Waals surface area contributed by atoms with E-state index in [-0.39, 0.29) is 16.5 Å². The number of aromatic nitrogens is 1. The lowest BCUT2D eigenvalue weighted by molar-refractivity contribution is -0.132. The maximum atomic E-state index is 13.7. The Hall–Kier alpha value is -3.75. The molecule has 34 heavy (non-hydrogen) atoms. The molecular formula is C25H16ClFN2O4S. The van der Waals surface area contributed by atoms with Crippen LogP contribution in [0.2, 0.25) is 5.02 Å². The molecule has 1 unspecified atom stereocenters. The maximum absolute atomic E-state index is 13.7. The van der Waals surface area contributed by atoms with Crippen molar-refractivity contribution in [1.29, 1.82) is 0 Å². The Kier molecular flexibility index (Phi) is 5.55. The third-order valence-corrected chi connectivity index (χ3v) is 6.79. The molecule has 1 N–H and O–H groups in total. The molecule has 0 spiro atoms. The molecular weight excluding hydrogens is 479 g/mol. The topological polar surface area (TPSA) is 79.7 Å². The van der Waals surface area contributed by atoms with Crippen molar-refractivity contribution in [2.45, 2.75) is 6.04 Å². The molecule has 9 heteroatoms. The van der Waals surface area contributed by atoms with Crippen LogP contribution in [0.1, 0.15) is 17.2 Å². The van der Waals surface area contributed by atoms with E-state index >= 15 is 0 Å². The van der Waals surface area contributed by atoms with Crippen LogP contribution in [0, 0.1) is 5.82 Å². The van der Waals surface area contributed by atoms with Crippen LogP contribution in [-0.4, -0.2) is 28.9 Å². The van der Waals surface area contributed by atoms with Crippen molar-refractivity contribution in [3.63, 3.8) is 0 Å². The first-order valence-electron chi connectivity index (χ1n) is 10.1. The molecule has 2 heterocycles. The number of aliphatic hydroxyl groups is 1. The fourth-order valence-corrected chi connectivity index (χ4v) is 5.15. The molecule has 0 saturated carbocycles. The lowest BCUT2D eigenvalue weighted by Crippen LogP contribution is -2.29. The standard InChI is InChI=1S/C25H16ClFN2O4S/c1-33-17-9-4-14(5-10-17)22(30)20-21(13-2-7-16(27)8-3-13)29(24(32)23(20)31)25-28-18-11-6-15(26)12-19(18)34-25/h2-12,21,30H,1H3. The summed E-state index contributed by atoms with van der Waals surface area (Å²) in [4.78, 5) is 32.2. The first-order valence-corrected chi connectivity index (χ1v) is 11.3. The van der Waals surface area contributed by atoms with Gasteiger partial charge < -0.3 is 9.84 Å². The lowest BCUT2D eigenvalue weighted by Gasteiger charge is -2.23. The second kappa shape index (κ2) is 8.55. The highest BCUT2D eigenvalue weighted by molar-refractivity contribution is 7.22. The van der Waals surface area contributed by atoms with Crippen molar-refractivity contribution in [3.05, 3.63) is 94.3 Å². The number of carbonyl (C=O) groups is 2. The highest BCUT2D eigenvalue weighted by Crippen LogP contribution is 2.44. The summed E-state index contributed by atoms with van der Waals surface area (Å²) in [7, 11) is 1.51. The Balaban J connectivity index is 1.71. The molecule has 1 aliphatic rings. The van der Waals surface area contributed by atoms with E-state index in [0.717, 1.165) is 4.70 Å². The normalized spacial score (nSPS) is 17.5. The molecule has 4 aromatic rings. The van der Waals surface area contributed by atoms with Crippen LogP contribution in [0.25, 0.3) is 16.0 Å². The summed E-state index contributed by atoms with van der Waals surface area (Å²) in [5.74, 6) is -1.94. The molecule has 0 bridgehead atoms. The van der Waals surface area contributed by atoms with E-state index < -0.39 is 23.5 Å². The zero-order valence-corrected chi connectivity index (χ0v) is 19.2. The summed E-state index contributed by atoms with van der Waals surface area (Å²) in [6.45, 7) is 0. The predicted octanol–water partition coefficient (Wildman–Crippen LogP) is 5.72. The molecule has 6 nitrogen and oxygen atoms in total. The van der Waals surface area contributed by atoms with Gasteiger partial charge in [-0.25, -0.2) is 9.37 Å². The van der Waals surface area contributed by atoms with Crippen LogP contribution in [-0.2, 0) is 9.59 Å². The monoisotopic (exact) mass is 494 g/mol. The third kappa shape index (κ3) is 3.70. The number of ether oxygens (including phenoxy) is 1. The molecule has 1 fully saturated rings. The maximum Gasteiger partial charge on any atom is 0.301 e. The number of hydrogen-bond donors (Lipinski definition) is 1. The van der Waals surface area contributed by atoms with E-state index in [2.05, 4.69) is 4.98 Å². The van der Waals surface area contributed by atoms with Gasteiger partial charge in [-0.2, -0.15) is 0 Å². The Morgan fingerprint density at radius 2 is 1.79 bits per heavy atom. The van der Waals surface area contributed by atoms with Gasteiger partial charge in [-0.15, -0.1) is 0 Å². The summed E-state index contributed by atoms with van der Waals surface area (Å²) in [6, 6.07) is 16.0. The van der Waals surface area contributed by atoms with Gasteiger partial charge in [0.15, 0.2) is 5.13 Å². The Bertz CT molecular complexity index is 1460. The predicted molar refractivity (Wildman–Crippen MR) is 129 cm³/mol. The number of Topliss-reactive ketones (excluding diaryl/α,β-unsaturated/α-hetero) is 1. The minimum atomic E-state index is -1.00. The van der Waals surface area contributed by atoms with Crippen LogP contribution in [0.4, 0.5) is 9.52 Å². The fourth-order valence-electron chi connectivity index (χ4n) is 3.88. The van der Waals surface area contributed by atoms with Gasteiger partial charge in [-0.05, 0) is 60.2 Å². The molecule has 1 atom stereocenters. The highest BCUT2D eigenvalue weighted by Gasteiger charge is 2.48. The average molecular weight is 495 g/mol. The van der Waals surface area contributed by atoms with Crippen LogP contribution in [0.3, 0.4) is 0 Å². The van der Waals surface area contributed by atoms with Crippen molar-refractivity contribution in [2.75, 3.05) is 12.0 Å². The number of rotatable bonds is 4. The molecule has 1 saturated heterocycles. The summed E-state index contributed by atoms with van der Waals surface area (Å²) < 4.78 is 19.6. The first kappa shape index (κ1) is 22.1. The summed E-state index contributed by atoms with van der Waals surface area (Å²) in [6.07, 6.45) is 0. The zero-order valence-electron chi connectivity index (χ0n) is 17.7. The van der Waals surface area contributed by atoms with E-state index in [9.17, 15) is 19.1 Å². The number of halogens is 2. The largest absolute Gasteiger partial charge is 0.507 e. The fraction of sp³-hybridized carbons (Fsp3) is 0.0800. The minimum Gasteiger partial charge on any atom is -0.507 e. The van der Waals surface area contributed by atoms with Gasteiger partial charge in [-0.3, -0.25) is 14.5 Å². The molecule has 1 amide bonds. The van der Waals surface area contributed by atoms with E-state index in [4.69, 9.17) is 16.3 Å². The van der Waals surface area contributed by atoms with Crippen molar-refractivity contribution in [2.24, 2.45) is 0 Å². The van der Waals surface area contributed by atoms with Gasteiger partial charge in [0, 0.05) is 10.6 Å². The molecule has 3 aromatic carbocycles. The van der Waals surface area contributed by atoms with Gasteiger partial charge in [0.25, 0.3) is 5.78 Å². The second-order valence-electron chi connectivity index (χ2n) is 7.56. The molecule has 0 radical (unpaired) electrons. The summed E-state index contributed by atoms with van der Waals surface area (Å²) in [5.41, 5.74) is 1.29. The van der Waals surface area contributed by atoms with Gasteiger partial charge in [0.05, 0.1) is 28.9 Å². The van der Waals surface area contributed by atoms with Gasteiger partial charge in [-0.1, -0.05) is 35.1 Å². The minimum absolute atomic E-state index is 0.112. The third-order valence-electron chi connectivity index (χ3n) is 5.54. The number of thiazole rings is 1. The van der Waals surface area contributed by atoms with Crippen LogP contribution < -0.4 is 9.64 Å². The lowest BCUT2D eigenvalue weighted by atomic mass is 9.95. The van der Waals surface area contributed by atoms with E-state index in [1.807, 2.05) is 0 Å². The number of carbonyl (C=O) groups excluding carboxylic acids is 2. The van der Waals surface area contributed by atoms with E-state index in [0.29, 0.717) is 27.4 Å².